The minimum Gasteiger partial charge on any atom is -0.437 e. The van der Waals surface area contributed by atoms with Gasteiger partial charge in [-0.25, -0.2) is 0 Å². The highest BCUT2D eigenvalue weighted by atomic mass is 16.6. The lowest BCUT2D eigenvalue weighted by Gasteiger charge is -2.10. The highest BCUT2D eigenvalue weighted by Crippen LogP contribution is 2.33. The Morgan fingerprint density at radius 2 is 1.52 bits per heavy atom. The zero-order chi connectivity index (χ0) is 18.8. The van der Waals surface area contributed by atoms with Gasteiger partial charge in [-0.05, 0) is 25.1 Å². The lowest BCUT2D eigenvalue weighted by Crippen LogP contribution is -1.96. The Morgan fingerprint density at radius 3 is 2.19 bits per heavy atom. The van der Waals surface area contributed by atoms with Crippen LogP contribution < -0.4 is 4.74 Å². The molecule has 0 amide bonds. The van der Waals surface area contributed by atoms with E-state index in [2.05, 4.69) is 10.2 Å². The van der Waals surface area contributed by atoms with Gasteiger partial charge in [0.15, 0.2) is 0 Å². The second-order valence-corrected chi connectivity index (χ2v) is 6.12. The highest BCUT2D eigenvalue weighted by molar-refractivity contribution is 5.97. The molecule has 4 rings (SSSR count). The summed E-state index contributed by atoms with van der Waals surface area (Å²) in [6, 6.07) is 21.7. The summed E-state index contributed by atoms with van der Waals surface area (Å²) in [6.07, 6.45) is 0. The molecular formula is C21H15N3O3. The number of ether oxygens (including phenoxy) is 1. The summed E-state index contributed by atoms with van der Waals surface area (Å²) in [5.41, 5.74) is 2.94. The predicted molar refractivity (Wildman–Crippen MR) is 103 cm³/mol. The Kier molecular flexibility index (Phi) is 4.22. The Hall–Kier alpha value is -3.80. The highest BCUT2D eigenvalue weighted by Gasteiger charge is 2.13. The van der Waals surface area contributed by atoms with E-state index in [0.29, 0.717) is 11.6 Å². The Morgan fingerprint density at radius 1 is 0.852 bits per heavy atom. The van der Waals surface area contributed by atoms with Gasteiger partial charge < -0.3 is 4.74 Å². The molecule has 0 unspecified atom stereocenters. The first-order valence-electron chi connectivity index (χ1n) is 8.36. The maximum Gasteiger partial charge on any atom is 0.269 e. The molecule has 0 saturated carbocycles. The third-order valence-electron chi connectivity index (χ3n) is 4.24. The van der Waals surface area contributed by atoms with E-state index in [-0.39, 0.29) is 5.69 Å². The number of nitro groups is 1. The first-order valence-corrected chi connectivity index (χ1v) is 8.36. The predicted octanol–water partition coefficient (Wildman–Crippen LogP) is 5.31. The van der Waals surface area contributed by atoms with Gasteiger partial charge in [0.1, 0.15) is 11.4 Å². The number of aromatic nitrogens is 2. The molecule has 0 N–H and O–H groups in total. The van der Waals surface area contributed by atoms with Gasteiger partial charge in [0.2, 0.25) is 5.88 Å². The van der Waals surface area contributed by atoms with Crippen molar-refractivity contribution in [2.45, 2.75) is 6.92 Å². The monoisotopic (exact) mass is 357 g/mol. The summed E-state index contributed by atoms with van der Waals surface area (Å²) in [6.45, 7) is 2.04. The molecule has 3 aromatic carbocycles. The number of nitro benzene ring substituents is 1. The third kappa shape index (κ3) is 3.32. The van der Waals surface area contributed by atoms with Crippen LogP contribution in [-0.2, 0) is 0 Å². The van der Waals surface area contributed by atoms with Gasteiger partial charge in [-0.15, -0.1) is 10.2 Å². The molecule has 1 heterocycles. The van der Waals surface area contributed by atoms with Gasteiger partial charge in [0.25, 0.3) is 5.69 Å². The number of rotatable bonds is 4. The molecular weight excluding hydrogens is 342 g/mol. The van der Waals surface area contributed by atoms with Crippen molar-refractivity contribution < 1.29 is 9.66 Å². The van der Waals surface area contributed by atoms with Crippen LogP contribution in [-0.4, -0.2) is 15.1 Å². The largest absolute Gasteiger partial charge is 0.437 e. The van der Waals surface area contributed by atoms with Crippen LogP contribution in [0.1, 0.15) is 5.56 Å². The standard InChI is InChI=1S/C21H15N3O3/c1-14-6-8-15(9-7-14)20-18-4-2-3-5-19(18)21(23-22-20)27-17-12-10-16(11-13-17)24(25)26/h2-13H,1H3. The van der Waals surface area contributed by atoms with Crippen LogP contribution in [0.25, 0.3) is 22.0 Å². The normalized spacial score (nSPS) is 10.7. The average Bonchev–Trinajstić information content (AvgIpc) is 2.69. The molecule has 0 bridgehead atoms. The SMILES string of the molecule is Cc1ccc(-c2nnc(Oc3ccc([N+](=O)[O-])cc3)c3ccccc23)cc1. The molecule has 0 radical (unpaired) electrons. The van der Waals surface area contributed by atoms with Crippen molar-refractivity contribution >= 4 is 16.5 Å². The molecule has 6 heteroatoms. The van der Waals surface area contributed by atoms with Crippen LogP contribution in [0, 0.1) is 17.0 Å². The number of aryl methyl sites for hydroxylation is 1. The van der Waals surface area contributed by atoms with Crippen molar-refractivity contribution in [3.63, 3.8) is 0 Å². The van der Waals surface area contributed by atoms with E-state index in [1.807, 2.05) is 55.5 Å². The fraction of sp³-hybridized carbons (Fsp3) is 0.0476. The fourth-order valence-corrected chi connectivity index (χ4v) is 2.83. The van der Waals surface area contributed by atoms with Crippen LogP contribution in [0.5, 0.6) is 11.6 Å². The number of non-ortho nitro benzene ring substituents is 1. The second kappa shape index (κ2) is 6.84. The maximum atomic E-state index is 10.8. The summed E-state index contributed by atoms with van der Waals surface area (Å²) in [5.74, 6) is 0.818. The van der Waals surface area contributed by atoms with E-state index in [4.69, 9.17) is 4.74 Å². The maximum absolute atomic E-state index is 10.8. The number of benzene rings is 3. The van der Waals surface area contributed by atoms with Gasteiger partial charge in [0, 0.05) is 28.5 Å². The fourth-order valence-electron chi connectivity index (χ4n) is 2.83. The molecule has 0 atom stereocenters. The number of fused-ring (bicyclic) bond motifs is 1. The summed E-state index contributed by atoms with van der Waals surface area (Å²) < 4.78 is 5.84. The smallest absolute Gasteiger partial charge is 0.269 e. The van der Waals surface area contributed by atoms with E-state index in [9.17, 15) is 10.1 Å². The number of hydrogen-bond donors (Lipinski definition) is 0. The van der Waals surface area contributed by atoms with E-state index in [0.717, 1.165) is 22.0 Å². The van der Waals surface area contributed by atoms with Gasteiger partial charge in [-0.1, -0.05) is 48.0 Å². The lowest BCUT2D eigenvalue weighted by molar-refractivity contribution is -0.384. The van der Waals surface area contributed by atoms with Crippen molar-refractivity contribution in [1.29, 1.82) is 0 Å². The van der Waals surface area contributed by atoms with E-state index in [1.54, 1.807) is 12.1 Å². The van der Waals surface area contributed by atoms with Gasteiger partial charge >= 0.3 is 0 Å². The Balaban J connectivity index is 1.75. The van der Waals surface area contributed by atoms with E-state index >= 15 is 0 Å². The van der Waals surface area contributed by atoms with Gasteiger partial charge in [0.05, 0.1) is 4.92 Å². The Bertz CT molecular complexity index is 1120. The van der Waals surface area contributed by atoms with Crippen LogP contribution in [0.3, 0.4) is 0 Å². The van der Waals surface area contributed by atoms with Crippen molar-refractivity contribution in [3.05, 3.63) is 88.5 Å². The van der Waals surface area contributed by atoms with Gasteiger partial charge in [-0.2, -0.15) is 0 Å². The summed E-state index contributed by atoms with van der Waals surface area (Å²) in [4.78, 5) is 10.3. The summed E-state index contributed by atoms with van der Waals surface area (Å²) in [5, 5.41) is 21.1. The van der Waals surface area contributed by atoms with Crippen LogP contribution in [0.2, 0.25) is 0 Å². The second-order valence-electron chi connectivity index (χ2n) is 6.12. The van der Waals surface area contributed by atoms with E-state index in [1.165, 1.54) is 17.7 Å². The van der Waals surface area contributed by atoms with Crippen LogP contribution >= 0.6 is 0 Å². The average molecular weight is 357 g/mol. The summed E-state index contributed by atoms with van der Waals surface area (Å²) in [7, 11) is 0. The topological polar surface area (TPSA) is 78.2 Å². The molecule has 6 nitrogen and oxygen atoms in total. The van der Waals surface area contributed by atoms with Crippen LogP contribution in [0.15, 0.2) is 72.8 Å². The van der Waals surface area contributed by atoms with Crippen LogP contribution in [0.4, 0.5) is 5.69 Å². The molecule has 1 aromatic heterocycles. The molecule has 0 aliphatic rings. The molecule has 0 aliphatic heterocycles. The van der Waals surface area contributed by atoms with Gasteiger partial charge in [-0.3, -0.25) is 10.1 Å². The summed E-state index contributed by atoms with van der Waals surface area (Å²) >= 11 is 0. The van der Waals surface area contributed by atoms with Crippen molar-refractivity contribution in [3.8, 4) is 22.9 Å². The van der Waals surface area contributed by atoms with E-state index < -0.39 is 4.92 Å². The molecule has 4 aromatic rings. The number of hydrogen-bond acceptors (Lipinski definition) is 5. The molecule has 0 aliphatic carbocycles. The molecule has 0 saturated heterocycles. The minimum absolute atomic E-state index is 0.00742. The molecule has 0 spiro atoms. The molecule has 0 fully saturated rings. The minimum atomic E-state index is -0.449. The number of nitrogens with zero attached hydrogens (tertiary/aromatic N) is 3. The van der Waals surface area contributed by atoms with Crippen molar-refractivity contribution in [1.82, 2.24) is 10.2 Å². The third-order valence-corrected chi connectivity index (χ3v) is 4.24. The molecule has 132 valence electrons. The van der Waals surface area contributed by atoms with Crippen molar-refractivity contribution in [2.75, 3.05) is 0 Å². The first-order chi connectivity index (χ1) is 13.1. The Labute approximate surface area is 155 Å². The van der Waals surface area contributed by atoms with Crippen molar-refractivity contribution in [2.24, 2.45) is 0 Å². The quantitative estimate of drug-likeness (QED) is 0.365. The zero-order valence-corrected chi connectivity index (χ0v) is 14.5. The zero-order valence-electron chi connectivity index (χ0n) is 14.5. The first kappa shape index (κ1) is 16.7. The lowest BCUT2D eigenvalue weighted by atomic mass is 10.0. The molecule has 27 heavy (non-hydrogen) atoms.